The summed E-state index contributed by atoms with van der Waals surface area (Å²) in [4.78, 5) is 6.93. The zero-order valence-electron chi connectivity index (χ0n) is 9.61. The predicted molar refractivity (Wildman–Crippen MR) is 66.1 cm³/mol. The molecular weight excluding hydrogens is 233 g/mol. The number of nitrogens with zero attached hydrogens (tertiary/aromatic N) is 3. The van der Waals surface area contributed by atoms with Crippen molar-refractivity contribution in [2.24, 2.45) is 0 Å². The van der Waals surface area contributed by atoms with Gasteiger partial charge >= 0.3 is 0 Å². The average molecular weight is 243 g/mol. The second-order valence-electron chi connectivity index (χ2n) is 3.94. The van der Waals surface area contributed by atoms with Crippen molar-refractivity contribution < 1.29 is 4.39 Å². The van der Waals surface area contributed by atoms with Gasteiger partial charge in [0.2, 0.25) is 0 Å². The quantitative estimate of drug-likeness (QED) is 0.725. The first kappa shape index (κ1) is 10.6. The van der Waals surface area contributed by atoms with Gasteiger partial charge in [0.05, 0.1) is 28.7 Å². The molecule has 6 heteroatoms. The number of halogens is 1. The SMILES string of the molecule is Cc1ccc(Nc2cc3nc[nH]c3cc2F)nn1. The van der Waals surface area contributed by atoms with Crippen LogP contribution in [0.3, 0.4) is 0 Å². The van der Waals surface area contributed by atoms with E-state index in [1.54, 1.807) is 18.2 Å². The van der Waals surface area contributed by atoms with Crippen LogP contribution in [0.5, 0.6) is 0 Å². The number of rotatable bonds is 2. The summed E-state index contributed by atoms with van der Waals surface area (Å²) >= 11 is 0. The molecule has 2 aromatic heterocycles. The van der Waals surface area contributed by atoms with Crippen molar-refractivity contribution >= 4 is 22.5 Å². The van der Waals surface area contributed by atoms with Crippen molar-refractivity contribution in [3.63, 3.8) is 0 Å². The fourth-order valence-corrected chi connectivity index (χ4v) is 1.65. The van der Waals surface area contributed by atoms with Crippen LogP contribution >= 0.6 is 0 Å². The second kappa shape index (κ2) is 4.06. The van der Waals surface area contributed by atoms with Crippen LogP contribution in [0.2, 0.25) is 0 Å². The highest BCUT2D eigenvalue weighted by atomic mass is 19.1. The van der Waals surface area contributed by atoms with Gasteiger partial charge in [-0.1, -0.05) is 0 Å². The Bertz CT molecular complexity index is 689. The molecule has 3 rings (SSSR count). The molecule has 0 saturated carbocycles. The number of fused-ring (bicyclic) bond motifs is 1. The van der Waals surface area contributed by atoms with Gasteiger partial charge in [-0.05, 0) is 25.1 Å². The summed E-state index contributed by atoms with van der Waals surface area (Å²) in [6.45, 7) is 1.84. The molecule has 5 nitrogen and oxygen atoms in total. The fraction of sp³-hybridized carbons (Fsp3) is 0.0833. The minimum atomic E-state index is -0.367. The summed E-state index contributed by atoms with van der Waals surface area (Å²) in [7, 11) is 0. The molecule has 18 heavy (non-hydrogen) atoms. The average Bonchev–Trinajstić information content (AvgIpc) is 2.79. The monoisotopic (exact) mass is 243 g/mol. The molecule has 0 unspecified atom stereocenters. The van der Waals surface area contributed by atoms with Gasteiger partial charge in [0, 0.05) is 6.07 Å². The second-order valence-corrected chi connectivity index (χ2v) is 3.94. The molecule has 0 spiro atoms. The van der Waals surface area contributed by atoms with Crippen molar-refractivity contribution in [1.82, 2.24) is 20.2 Å². The Morgan fingerprint density at radius 3 is 2.89 bits per heavy atom. The molecule has 90 valence electrons. The number of H-pyrrole nitrogens is 1. The van der Waals surface area contributed by atoms with Gasteiger partial charge in [0.1, 0.15) is 5.82 Å². The third kappa shape index (κ3) is 1.88. The molecule has 0 amide bonds. The molecule has 2 heterocycles. The Morgan fingerprint density at radius 2 is 2.11 bits per heavy atom. The van der Waals surface area contributed by atoms with Gasteiger partial charge in [0.15, 0.2) is 5.82 Å². The van der Waals surface area contributed by atoms with Crippen LogP contribution in [-0.4, -0.2) is 20.2 Å². The highest BCUT2D eigenvalue weighted by Gasteiger charge is 2.07. The van der Waals surface area contributed by atoms with E-state index < -0.39 is 0 Å². The Hall–Kier alpha value is -2.50. The van der Waals surface area contributed by atoms with E-state index >= 15 is 0 Å². The molecule has 1 aromatic carbocycles. The summed E-state index contributed by atoms with van der Waals surface area (Å²) in [6.07, 6.45) is 1.53. The summed E-state index contributed by atoms with van der Waals surface area (Å²) in [5, 5.41) is 10.7. The lowest BCUT2D eigenvalue weighted by Crippen LogP contribution is -1.98. The maximum atomic E-state index is 13.8. The van der Waals surface area contributed by atoms with Crippen LogP contribution in [0, 0.1) is 12.7 Å². The Morgan fingerprint density at radius 1 is 1.22 bits per heavy atom. The smallest absolute Gasteiger partial charge is 0.153 e. The van der Waals surface area contributed by atoms with Gasteiger partial charge < -0.3 is 10.3 Å². The standard InChI is InChI=1S/C12H10FN5/c1-7-2-3-12(18-17-7)16-9-5-11-10(4-8(9)13)14-6-15-11/h2-6H,1H3,(H,14,15)(H,16,18). The molecule has 0 bridgehead atoms. The molecule has 2 N–H and O–H groups in total. The first-order valence-corrected chi connectivity index (χ1v) is 5.42. The number of hydrogen-bond donors (Lipinski definition) is 2. The van der Waals surface area contributed by atoms with Crippen molar-refractivity contribution in [3.05, 3.63) is 42.1 Å². The lowest BCUT2D eigenvalue weighted by molar-refractivity contribution is 0.633. The van der Waals surface area contributed by atoms with E-state index in [1.807, 2.05) is 6.92 Å². The van der Waals surface area contributed by atoms with Crippen LogP contribution in [-0.2, 0) is 0 Å². The number of anilines is 2. The van der Waals surface area contributed by atoms with Crippen LogP contribution in [0.1, 0.15) is 5.69 Å². The van der Waals surface area contributed by atoms with E-state index in [2.05, 4.69) is 25.5 Å². The Labute approximate surface area is 102 Å². The van der Waals surface area contributed by atoms with E-state index in [-0.39, 0.29) is 5.82 Å². The van der Waals surface area contributed by atoms with Crippen molar-refractivity contribution in [2.75, 3.05) is 5.32 Å². The number of nitrogens with one attached hydrogen (secondary N) is 2. The van der Waals surface area contributed by atoms with Gasteiger partial charge in [-0.25, -0.2) is 9.37 Å². The lowest BCUT2D eigenvalue weighted by atomic mass is 10.2. The molecule has 0 aliphatic heterocycles. The van der Waals surface area contributed by atoms with Crippen LogP contribution < -0.4 is 5.32 Å². The number of hydrogen-bond acceptors (Lipinski definition) is 4. The van der Waals surface area contributed by atoms with E-state index in [0.717, 1.165) is 5.69 Å². The normalized spacial score (nSPS) is 10.8. The maximum Gasteiger partial charge on any atom is 0.153 e. The van der Waals surface area contributed by atoms with Gasteiger partial charge in [-0.2, -0.15) is 5.10 Å². The molecule has 0 radical (unpaired) electrons. The largest absolute Gasteiger partial charge is 0.345 e. The number of aryl methyl sites for hydroxylation is 1. The van der Waals surface area contributed by atoms with Crippen molar-refractivity contribution in [2.45, 2.75) is 6.92 Å². The summed E-state index contributed by atoms with van der Waals surface area (Å²) in [5.74, 6) is 0.128. The van der Waals surface area contributed by atoms with Crippen LogP contribution in [0.25, 0.3) is 11.0 Å². The topological polar surface area (TPSA) is 66.5 Å². The zero-order valence-corrected chi connectivity index (χ0v) is 9.61. The fourth-order valence-electron chi connectivity index (χ4n) is 1.65. The number of imidazole rings is 1. The van der Waals surface area contributed by atoms with E-state index in [0.29, 0.717) is 22.5 Å². The number of aromatic nitrogens is 4. The zero-order chi connectivity index (χ0) is 12.5. The molecule has 0 aliphatic carbocycles. The van der Waals surface area contributed by atoms with Crippen LogP contribution in [0.4, 0.5) is 15.9 Å². The highest BCUT2D eigenvalue weighted by molar-refractivity contribution is 5.80. The highest BCUT2D eigenvalue weighted by Crippen LogP contribution is 2.22. The van der Waals surface area contributed by atoms with Gasteiger partial charge in [-0.15, -0.1) is 5.10 Å². The summed E-state index contributed by atoms with van der Waals surface area (Å²) in [6, 6.07) is 6.58. The molecule has 0 aliphatic rings. The summed E-state index contributed by atoms with van der Waals surface area (Å²) < 4.78 is 13.8. The number of benzene rings is 1. The van der Waals surface area contributed by atoms with E-state index in [9.17, 15) is 4.39 Å². The molecule has 3 aromatic rings. The maximum absolute atomic E-state index is 13.8. The van der Waals surface area contributed by atoms with E-state index in [4.69, 9.17) is 0 Å². The molecule has 0 fully saturated rings. The molecule has 0 atom stereocenters. The number of aromatic amines is 1. The van der Waals surface area contributed by atoms with Crippen molar-refractivity contribution in [1.29, 1.82) is 0 Å². The third-order valence-corrected chi connectivity index (χ3v) is 2.57. The Kier molecular flexibility index (Phi) is 2.40. The lowest BCUT2D eigenvalue weighted by Gasteiger charge is -2.06. The molecule has 0 saturated heterocycles. The predicted octanol–water partition coefficient (Wildman–Crippen LogP) is 2.54. The third-order valence-electron chi connectivity index (χ3n) is 2.57. The van der Waals surface area contributed by atoms with Crippen LogP contribution in [0.15, 0.2) is 30.6 Å². The minimum Gasteiger partial charge on any atom is -0.345 e. The summed E-state index contributed by atoms with van der Waals surface area (Å²) in [5.41, 5.74) is 2.49. The first-order valence-electron chi connectivity index (χ1n) is 5.42. The first-order chi connectivity index (χ1) is 8.72. The molecular formula is C12H10FN5. The van der Waals surface area contributed by atoms with E-state index in [1.165, 1.54) is 12.4 Å². The van der Waals surface area contributed by atoms with Gasteiger partial charge in [-0.3, -0.25) is 0 Å². The van der Waals surface area contributed by atoms with Crippen molar-refractivity contribution in [3.8, 4) is 0 Å². The van der Waals surface area contributed by atoms with Gasteiger partial charge in [0.25, 0.3) is 0 Å². The minimum absolute atomic E-state index is 0.327. The Balaban J connectivity index is 1.98.